The molecule has 0 N–H and O–H groups in total. The van der Waals surface area contributed by atoms with Gasteiger partial charge in [-0.2, -0.15) is 5.10 Å². The van der Waals surface area contributed by atoms with E-state index in [-0.39, 0.29) is 5.69 Å². The molecular weight excluding hydrogens is 227 g/mol. The van der Waals surface area contributed by atoms with Gasteiger partial charge in [-0.3, -0.25) is 10.1 Å². The SMILES string of the molecule is Cc1nn(-c2ccc(F)cn2)c(C)c1[N+](=O)[O-]. The van der Waals surface area contributed by atoms with Gasteiger partial charge in [0.15, 0.2) is 5.82 Å². The Morgan fingerprint density at radius 2 is 2.12 bits per heavy atom. The molecule has 0 unspecified atom stereocenters. The lowest BCUT2D eigenvalue weighted by Crippen LogP contribution is -2.02. The van der Waals surface area contributed by atoms with E-state index in [0.717, 1.165) is 6.20 Å². The third-order valence-electron chi connectivity index (χ3n) is 2.36. The quantitative estimate of drug-likeness (QED) is 0.589. The van der Waals surface area contributed by atoms with Crippen LogP contribution in [-0.2, 0) is 0 Å². The molecular formula is C10H9FN4O2. The lowest BCUT2D eigenvalue weighted by atomic mass is 10.3. The number of nitrogens with zero attached hydrogens (tertiary/aromatic N) is 4. The summed E-state index contributed by atoms with van der Waals surface area (Å²) in [5.41, 5.74) is 0.626. The first-order valence-corrected chi connectivity index (χ1v) is 4.83. The number of hydrogen-bond acceptors (Lipinski definition) is 4. The Hall–Kier alpha value is -2.31. The summed E-state index contributed by atoms with van der Waals surface area (Å²) in [6.45, 7) is 3.12. The summed E-state index contributed by atoms with van der Waals surface area (Å²) in [5.74, 6) is -0.120. The van der Waals surface area contributed by atoms with Crippen LogP contribution < -0.4 is 0 Å². The molecule has 2 aromatic heterocycles. The molecule has 7 heteroatoms. The third-order valence-corrected chi connectivity index (χ3v) is 2.36. The van der Waals surface area contributed by atoms with Crippen LogP contribution in [0.5, 0.6) is 0 Å². The molecule has 0 aromatic carbocycles. The van der Waals surface area contributed by atoms with Crippen LogP contribution >= 0.6 is 0 Å². The molecule has 2 aromatic rings. The van der Waals surface area contributed by atoms with Crippen LogP contribution in [0.3, 0.4) is 0 Å². The number of pyridine rings is 1. The van der Waals surface area contributed by atoms with Crippen LogP contribution in [0.4, 0.5) is 10.1 Å². The molecule has 2 rings (SSSR count). The van der Waals surface area contributed by atoms with Gasteiger partial charge < -0.3 is 0 Å². The molecule has 0 fully saturated rings. The zero-order valence-electron chi connectivity index (χ0n) is 9.22. The molecule has 0 saturated heterocycles. The average molecular weight is 236 g/mol. The number of halogens is 1. The monoisotopic (exact) mass is 236 g/mol. The molecule has 0 bridgehead atoms. The van der Waals surface area contributed by atoms with E-state index in [1.165, 1.54) is 16.8 Å². The Balaban J connectivity index is 2.57. The van der Waals surface area contributed by atoms with Gasteiger partial charge in [-0.15, -0.1) is 0 Å². The van der Waals surface area contributed by atoms with Crippen molar-refractivity contribution in [1.29, 1.82) is 0 Å². The zero-order chi connectivity index (χ0) is 12.6. The molecule has 88 valence electrons. The van der Waals surface area contributed by atoms with E-state index in [4.69, 9.17) is 0 Å². The van der Waals surface area contributed by atoms with Crippen molar-refractivity contribution in [1.82, 2.24) is 14.8 Å². The second-order valence-corrected chi connectivity index (χ2v) is 3.52. The van der Waals surface area contributed by atoms with E-state index in [9.17, 15) is 14.5 Å². The van der Waals surface area contributed by atoms with Crippen LogP contribution in [0.2, 0.25) is 0 Å². The fourth-order valence-electron chi connectivity index (χ4n) is 1.62. The highest BCUT2D eigenvalue weighted by Crippen LogP contribution is 2.23. The van der Waals surface area contributed by atoms with Crippen LogP contribution in [0.1, 0.15) is 11.4 Å². The van der Waals surface area contributed by atoms with Crippen molar-refractivity contribution in [3.63, 3.8) is 0 Å². The predicted octanol–water partition coefficient (Wildman–Crippen LogP) is 1.93. The molecule has 0 aliphatic heterocycles. The molecule has 0 atom stereocenters. The van der Waals surface area contributed by atoms with E-state index >= 15 is 0 Å². The standard InChI is InChI=1S/C10H9FN4O2/c1-6-10(15(16)17)7(2)14(13-6)9-4-3-8(11)5-12-9/h3-5H,1-2H3. The van der Waals surface area contributed by atoms with Gasteiger partial charge in [0.1, 0.15) is 17.2 Å². The van der Waals surface area contributed by atoms with Crippen molar-refractivity contribution in [3.8, 4) is 5.82 Å². The zero-order valence-corrected chi connectivity index (χ0v) is 9.22. The van der Waals surface area contributed by atoms with E-state index in [0.29, 0.717) is 17.2 Å². The minimum absolute atomic E-state index is 0.0453. The van der Waals surface area contributed by atoms with E-state index in [1.807, 2.05) is 0 Å². The molecule has 0 aliphatic rings. The summed E-state index contributed by atoms with van der Waals surface area (Å²) in [5, 5.41) is 14.8. The van der Waals surface area contributed by atoms with Gasteiger partial charge >= 0.3 is 5.69 Å². The van der Waals surface area contributed by atoms with Crippen LogP contribution in [0, 0.1) is 29.8 Å². The maximum absolute atomic E-state index is 12.7. The first-order valence-electron chi connectivity index (χ1n) is 4.83. The normalized spacial score (nSPS) is 10.5. The van der Waals surface area contributed by atoms with Gasteiger partial charge in [-0.25, -0.2) is 14.1 Å². The van der Waals surface area contributed by atoms with Gasteiger partial charge in [0.2, 0.25) is 0 Å². The Bertz CT molecular complexity index is 577. The first-order chi connectivity index (χ1) is 8.00. The summed E-state index contributed by atoms with van der Waals surface area (Å²) >= 11 is 0. The first kappa shape index (κ1) is 11.2. The Labute approximate surface area is 95.9 Å². The van der Waals surface area contributed by atoms with Gasteiger partial charge in [0.05, 0.1) is 11.1 Å². The molecule has 2 heterocycles. The smallest absolute Gasteiger partial charge is 0.258 e. The van der Waals surface area contributed by atoms with Crippen molar-refractivity contribution in [2.24, 2.45) is 0 Å². The maximum Gasteiger partial charge on any atom is 0.313 e. The minimum atomic E-state index is -0.488. The highest BCUT2D eigenvalue weighted by molar-refractivity contribution is 5.43. The van der Waals surface area contributed by atoms with Gasteiger partial charge in [0, 0.05) is 0 Å². The molecule has 0 saturated carbocycles. The molecule has 0 radical (unpaired) electrons. The topological polar surface area (TPSA) is 73.8 Å². The summed E-state index contributed by atoms with van der Waals surface area (Å²) in [6.07, 6.45) is 1.04. The van der Waals surface area contributed by atoms with E-state index in [2.05, 4.69) is 10.1 Å². The van der Waals surface area contributed by atoms with Crippen molar-refractivity contribution < 1.29 is 9.31 Å². The molecule has 0 spiro atoms. The highest BCUT2D eigenvalue weighted by atomic mass is 19.1. The third kappa shape index (κ3) is 1.86. The van der Waals surface area contributed by atoms with Crippen molar-refractivity contribution in [2.45, 2.75) is 13.8 Å². The molecule has 17 heavy (non-hydrogen) atoms. The van der Waals surface area contributed by atoms with Crippen LogP contribution in [-0.4, -0.2) is 19.7 Å². The summed E-state index contributed by atoms with van der Waals surface area (Å²) in [4.78, 5) is 14.2. The molecule has 0 amide bonds. The van der Waals surface area contributed by atoms with Crippen molar-refractivity contribution >= 4 is 5.69 Å². The van der Waals surface area contributed by atoms with E-state index < -0.39 is 10.7 Å². The maximum atomic E-state index is 12.7. The predicted molar refractivity (Wildman–Crippen MR) is 57.4 cm³/mol. The largest absolute Gasteiger partial charge is 0.313 e. The lowest BCUT2D eigenvalue weighted by molar-refractivity contribution is -0.386. The second-order valence-electron chi connectivity index (χ2n) is 3.52. The second kappa shape index (κ2) is 3.93. The number of hydrogen-bond donors (Lipinski definition) is 0. The average Bonchev–Trinajstić information content (AvgIpc) is 2.55. The highest BCUT2D eigenvalue weighted by Gasteiger charge is 2.22. The number of rotatable bonds is 2. The van der Waals surface area contributed by atoms with Gasteiger partial charge in [0.25, 0.3) is 0 Å². The van der Waals surface area contributed by atoms with Crippen LogP contribution in [0.25, 0.3) is 5.82 Å². The Morgan fingerprint density at radius 1 is 1.41 bits per heavy atom. The summed E-state index contributed by atoms with van der Waals surface area (Å²) in [6, 6.07) is 2.64. The summed E-state index contributed by atoms with van der Waals surface area (Å²) < 4.78 is 14.0. The number of aromatic nitrogens is 3. The van der Waals surface area contributed by atoms with Crippen molar-refractivity contribution in [2.75, 3.05) is 0 Å². The number of aryl methyl sites for hydroxylation is 1. The van der Waals surface area contributed by atoms with Gasteiger partial charge in [-0.1, -0.05) is 0 Å². The minimum Gasteiger partial charge on any atom is -0.258 e. The van der Waals surface area contributed by atoms with Gasteiger partial charge in [-0.05, 0) is 26.0 Å². The van der Waals surface area contributed by atoms with E-state index in [1.54, 1.807) is 13.8 Å². The van der Waals surface area contributed by atoms with Crippen molar-refractivity contribution in [3.05, 3.63) is 45.6 Å². The summed E-state index contributed by atoms with van der Waals surface area (Å²) in [7, 11) is 0. The number of nitro groups is 1. The lowest BCUT2D eigenvalue weighted by Gasteiger charge is -2.01. The Kier molecular flexibility index (Phi) is 2.58. The molecule has 0 aliphatic carbocycles. The fraction of sp³-hybridized carbons (Fsp3) is 0.200. The molecule has 6 nitrogen and oxygen atoms in total. The fourth-order valence-corrected chi connectivity index (χ4v) is 1.62. The van der Waals surface area contributed by atoms with Crippen LogP contribution in [0.15, 0.2) is 18.3 Å². The Morgan fingerprint density at radius 3 is 2.59 bits per heavy atom.